The third-order valence-corrected chi connectivity index (χ3v) is 6.16. The summed E-state index contributed by atoms with van der Waals surface area (Å²) in [6, 6.07) is 41.7. The molecule has 1 heterocycles. The van der Waals surface area contributed by atoms with Crippen LogP contribution in [0.2, 0.25) is 0 Å². The molecule has 0 atom stereocenters. The van der Waals surface area contributed by atoms with Crippen molar-refractivity contribution in [3.63, 3.8) is 0 Å². The molecule has 0 amide bonds. The van der Waals surface area contributed by atoms with Gasteiger partial charge in [0.1, 0.15) is 0 Å². The van der Waals surface area contributed by atoms with Gasteiger partial charge in [0.25, 0.3) is 0 Å². The largest absolute Gasteiger partial charge is 0.222 e. The van der Waals surface area contributed by atoms with Crippen LogP contribution >= 0.6 is 0 Å². The van der Waals surface area contributed by atoms with Crippen LogP contribution in [0.5, 0.6) is 0 Å². The van der Waals surface area contributed by atoms with Crippen LogP contribution in [-0.2, 0) is 0 Å². The number of aromatic nitrogens is 1. The molecule has 192 valence electrons. The van der Waals surface area contributed by atoms with Crippen molar-refractivity contribution < 1.29 is 33.4 Å². The van der Waals surface area contributed by atoms with Crippen molar-refractivity contribution in [3.05, 3.63) is 132 Å². The molecule has 0 spiro atoms. The van der Waals surface area contributed by atoms with E-state index in [1.807, 2.05) is 0 Å². The van der Waals surface area contributed by atoms with E-state index >= 15 is 0 Å². The van der Waals surface area contributed by atoms with Crippen LogP contribution in [-0.4, -0.2) is 0 Å². The lowest BCUT2D eigenvalue weighted by Crippen LogP contribution is -2.68. The number of nitrogens with zero attached hydrogens (tertiary/aromatic N) is 1. The summed E-state index contributed by atoms with van der Waals surface area (Å²) in [5.41, 5.74) is 12.1. The summed E-state index contributed by atoms with van der Waals surface area (Å²) in [4.78, 5) is 0. The Morgan fingerprint density at radius 2 is 0.789 bits per heavy atom. The number of halogens is 1. The molecule has 0 aliphatic heterocycles. The Kier molecular flexibility index (Phi) is 8.37. The van der Waals surface area contributed by atoms with E-state index in [1.165, 1.54) is 50.3 Å². The van der Waals surface area contributed by atoms with Crippen LogP contribution in [0.4, 0.5) is 0 Å². The Morgan fingerprint density at radius 1 is 0.447 bits per heavy atom. The molecule has 0 aliphatic carbocycles. The van der Waals surface area contributed by atoms with Crippen molar-refractivity contribution in [2.24, 2.45) is 0 Å². The quantitative estimate of drug-likeness (QED) is 0.337. The topological polar surface area (TPSA) is 96.1 Å². The first-order valence-corrected chi connectivity index (χ1v) is 13.3. The lowest BCUT2D eigenvalue weighted by atomic mass is 9.97. The molecule has 5 nitrogen and oxygen atoms in total. The zero-order valence-electron chi connectivity index (χ0n) is 21.4. The molecule has 5 rings (SSSR count). The van der Waals surface area contributed by atoms with Gasteiger partial charge in [-0.3, -0.25) is 0 Å². The fraction of sp³-hybridized carbons (Fsp3) is 0.0938. The molecular weight excluding hydrogens is 498 g/mol. The molecule has 4 aromatic carbocycles. The Hall–Kier alpha value is -3.84. The van der Waals surface area contributed by atoms with Crippen LogP contribution in [0.1, 0.15) is 16.7 Å². The van der Waals surface area contributed by atoms with Crippen LogP contribution in [0, 0.1) is 31.0 Å². The van der Waals surface area contributed by atoms with E-state index in [0.29, 0.717) is 0 Å². The SMILES string of the molecule is Cc1ccc(-c2cc(-c3ccc(C)cc3)[n+](-c3ccccc3)c(-c3ccc(C)cc3)c2)cc1.[O-][Cl+3]([O-])([O-])[O-]. The molecule has 38 heavy (non-hydrogen) atoms. The van der Waals surface area contributed by atoms with Crippen LogP contribution in [0.3, 0.4) is 0 Å². The van der Waals surface area contributed by atoms with Gasteiger partial charge in [-0.25, -0.2) is 18.6 Å². The summed E-state index contributed by atoms with van der Waals surface area (Å²) < 4.78 is 36.4. The van der Waals surface area contributed by atoms with Gasteiger partial charge in [0.05, 0.1) is 0 Å². The standard InChI is InChI=1S/C32H28N.ClHO4/c1-23-9-15-26(16-10-23)29-21-31(27-17-11-24(2)12-18-27)33(30-7-5-4-6-8-30)32(22-29)28-19-13-25(3)14-20-28;2-1(3,4)5/h4-22H,1-3H3;(H,2,3,4,5)/q+1;/p-1. The van der Waals surface area contributed by atoms with E-state index in [0.717, 1.165) is 5.69 Å². The normalized spacial score (nSPS) is 11.0. The lowest BCUT2D eigenvalue weighted by Gasteiger charge is -2.17. The third kappa shape index (κ3) is 7.13. The van der Waals surface area contributed by atoms with Crippen LogP contribution in [0.25, 0.3) is 39.3 Å². The smallest absolute Gasteiger partial charge is 0.219 e. The van der Waals surface area contributed by atoms with Crippen molar-refractivity contribution in [3.8, 4) is 39.3 Å². The molecule has 0 radical (unpaired) electrons. The molecule has 0 fully saturated rings. The first-order valence-electron chi connectivity index (χ1n) is 12.1. The van der Waals surface area contributed by atoms with Crippen molar-refractivity contribution in [1.82, 2.24) is 0 Å². The molecule has 5 aromatic rings. The minimum atomic E-state index is -4.94. The Morgan fingerprint density at radius 3 is 1.16 bits per heavy atom. The van der Waals surface area contributed by atoms with E-state index in [2.05, 4.69) is 141 Å². The first kappa shape index (κ1) is 27.2. The average molecular weight is 526 g/mol. The maximum atomic E-state index is 8.49. The zero-order valence-corrected chi connectivity index (χ0v) is 22.2. The highest BCUT2D eigenvalue weighted by Gasteiger charge is 2.24. The zero-order chi connectivity index (χ0) is 27.3. The predicted molar refractivity (Wildman–Crippen MR) is 138 cm³/mol. The van der Waals surface area contributed by atoms with Gasteiger partial charge in [-0.15, -0.1) is 10.2 Å². The van der Waals surface area contributed by atoms with Gasteiger partial charge < -0.3 is 0 Å². The van der Waals surface area contributed by atoms with E-state index in [4.69, 9.17) is 18.6 Å². The molecule has 0 N–H and O–H groups in total. The van der Waals surface area contributed by atoms with Crippen molar-refractivity contribution >= 4 is 0 Å². The fourth-order valence-electron chi connectivity index (χ4n) is 4.24. The minimum absolute atomic E-state index is 1.15. The second-order valence-electron chi connectivity index (χ2n) is 9.16. The molecule has 0 bridgehead atoms. The minimum Gasteiger partial charge on any atom is -0.222 e. The number of benzene rings is 4. The van der Waals surface area contributed by atoms with Gasteiger partial charge in [-0.1, -0.05) is 83.4 Å². The number of pyridine rings is 1. The van der Waals surface area contributed by atoms with Crippen molar-refractivity contribution in [2.45, 2.75) is 20.8 Å². The summed E-state index contributed by atoms with van der Waals surface area (Å²) in [7, 11) is -4.94. The van der Waals surface area contributed by atoms with Gasteiger partial charge in [0, 0.05) is 35.4 Å². The Labute approximate surface area is 225 Å². The summed E-state index contributed by atoms with van der Waals surface area (Å²) in [5.74, 6) is 0. The molecule has 0 saturated heterocycles. The predicted octanol–water partition coefficient (Wildman–Crippen LogP) is 3.13. The van der Waals surface area contributed by atoms with Crippen molar-refractivity contribution in [1.29, 1.82) is 0 Å². The molecular formula is C32H28ClNO4. The van der Waals surface area contributed by atoms with Gasteiger partial charge in [-0.05, 0) is 56.2 Å². The maximum absolute atomic E-state index is 8.49. The highest BCUT2D eigenvalue weighted by Crippen LogP contribution is 2.31. The van der Waals surface area contributed by atoms with Gasteiger partial charge in [0.15, 0.2) is 0 Å². The van der Waals surface area contributed by atoms with E-state index in [1.54, 1.807) is 0 Å². The van der Waals surface area contributed by atoms with Crippen LogP contribution < -0.4 is 23.2 Å². The second-order valence-corrected chi connectivity index (χ2v) is 9.92. The molecule has 0 aliphatic rings. The summed E-state index contributed by atoms with van der Waals surface area (Å²) >= 11 is 0. The van der Waals surface area contributed by atoms with E-state index in [9.17, 15) is 0 Å². The monoisotopic (exact) mass is 525 g/mol. The fourth-order valence-corrected chi connectivity index (χ4v) is 4.24. The Bertz CT molecular complexity index is 1420. The second kappa shape index (κ2) is 11.7. The van der Waals surface area contributed by atoms with Gasteiger partial charge in [0.2, 0.25) is 17.1 Å². The number of hydrogen-bond donors (Lipinski definition) is 0. The number of rotatable bonds is 4. The van der Waals surface area contributed by atoms with Gasteiger partial charge in [-0.2, -0.15) is 4.57 Å². The van der Waals surface area contributed by atoms with Crippen molar-refractivity contribution in [2.75, 3.05) is 0 Å². The number of hydrogen-bond acceptors (Lipinski definition) is 4. The number of para-hydroxylation sites is 1. The van der Waals surface area contributed by atoms with E-state index in [-0.39, 0.29) is 0 Å². The maximum Gasteiger partial charge on any atom is 0.219 e. The highest BCUT2D eigenvalue weighted by molar-refractivity contribution is 5.74. The molecule has 0 unspecified atom stereocenters. The Balaban J connectivity index is 0.000000617. The highest BCUT2D eigenvalue weighted by atomic mass is 35.7. The summed E-state index contributed by atoms with van der Waals surface area (Å²) in [6.07, 6.45) is 0. The lowest BCUT2D eigenvalue weighted by molar-refractivity contribution is -2.00. The van der Waals surface area contributed by atoms with E-state index < -0.39 is 10.2 Å². The average Bonchev–Trinajstić information content (AvgIpc) is 2.89. The first-order chi connectivity index (χ1) is 18.1. The van der Waals surface area contributed by atoms with Crippen LogP contribution in [0.15, 0.2) is 115 Å². The number of aryl methyl sites for hydroxylation is 3. The summed E-state index contributed by atoms with van der Waals surface area (Å²) in [5, 5.41) is 0. The van der Waals surface area contributed by atoms with Gasteiger partial charge >= 0.3 is 0 Å². The summed E-state index contributed by atoms with van der Waals surface area (Å²) in [6.45, 7) is 6.40. The molecule has 6 heteroatoms. The third-order valence-electron chi connectivity index (χ3n) is 6.16. The molecule has 0 saturated carbocycles. The molecule has 1 aromatic heterocycles.